The highest BCUT2D eigenvalue weighted by atomic mass is 79.9. The van der Waals surface area contributed by atoms with Crippen LogP contribution in [0.5, 0.6) is 0 Å². The molecule has 6 rings (SSSR count). The maximum absolute atomic E-state index is 12.5. The maximum Gasteiger partial charge on any atom is 0.524 e. The molecule has 0 bridgehead atoms. The molecule has 0 aliphatic carbocycles. The number of ether oxygens (including phenoxy) is 1. The molecule has 8 heteroatoms. The zero-order valence-electron chi connectivity index (χ0n) is 16.0. The Hall–Kier alpha value is -1.74. The van der Waals surface area contributed by atoms with Gasteiger partial charge in [-0.15, -0.1) is 22.7 Å². The number of aromatic nitrogens is 2. The van der Waals surface area contributed by atoms with Gasteiger partial charge in [0.1, 0.15) is 0 Å². The summed E-state index contributed by atoms with van der Waals surface area (Å²) in [7, 11) is 0. The molecular formula is C21H19BrN3O2S2+. The van der Waals surface area contributed by atoms with Gasteiger partial charge >= 0.3 is 6.09 Å². The number of H-pyrrole nitrogens is 1. The first-order chi connectivity index (χ1) is 13.9. The molecule has 0 radical (unpaired) electrons. The van der Waals surface area contributed by atoms with Crippen LogP contribution < -0.4 is 0 Å². The second-order valence-corrected chi connectivity index (χ2v) is 10.9. The van der Waals surface area contributed by atoms with E-state index in [1.54, 1.807) is 22.7 Å². The van der Waals surface area contributed by atoms with E-state index in [1.807, 2.05) is 13.8 Å². The number of hydrogen-bond acceptors (Lipinski definition) is 5. The molecule has 29 heavy (non-hydrogen) atoms. The maximum atomic E-state index is 12.5. The topological polar surface area (TPSA) is 55.0 Å². The molecule has 1 spiro atoms. The molecule has 1 amide bonds. The molecule has 2 aliphatic heterocycles. The molecule has 2 saturated heterocycles. The number of quaternary nitrogens is 1. The molecule has 2 unspecified atom stereocenters. The zero-order chi connectivity index (χ0) is 20.0. The molecule has 1 aromatic carbocycles. The summed E-state index contributed by atoms with van der Waals surface area (Å²) in [5.74, 6) is 0.897. The van der Waals surface area contributed by atoms with Crippen LogP contribution in [0.3, 0.4) is 0 Å². The first-order valence-corrected chi connectivity index (χ1v) is 12.2. The molecule has 1 N–H and O–H groups in total. The minimum absolute atomic E-state index is 0.0307. The fourth-order valence-electron chi connectivity index (χ4n) is 5.02. The minimum Gasteiger partial charge on any atom is -0.364 e. The number of carbonyl (C=O) groups excluding carboxylic acids is 1. The van der Waals surface area contributed by atoms with E-state index in [4.69, 9.17) is 9.72 Å². The van der Waals surface area contributed by atoms with Gasteiger partial charge in [0.15, 0.2) is 11.9 Å². The Morgan fingerprint density at radius 1 is 1.28 bits per heavy atom. The van der Waals surface area contributed by atoms with Crippen LogP contribution in [-0.4, -0.2) is 32.8 Å². The van der Waals surface area contributed by atoms with Gasteiger partial charge < -0.3 is 9.72 Å². The number of carbonyl (C=O) groups is 1. The fraction of sp³-hybridized carbons (Fsp3) is 0.333. The van der Waals surface area contributed by atoms with Crippen molar-refractivity contribution in [3.63, 3.8) is 0 Å². The Kier molecular flexibility index (Phi) is 3.68. The Balaban J connectivity index is 1.44. The second kappa shape index (κ2) is 5.91. The quantitative estimate of drug-likeness (QED) is 0.315. The third kappa shape index (κ3) is 2.28. The van der Waals surface area contributed by atoms with E-state index in [0.717, 1.165) is 40.7 Å². The fourth-order valence-corrected chi connectivity index (χ4v) is 8.09. The Morgan fingerprint density at radius 3 is 2.90 bits per heavy atom. The van der Waals surface area contributed by atoms with Gasteiger partial charge in [0.2, 0.25) is 0 Å². The Bertz CT molecular complexity index is 1300. The largest absolute Gasteiger partial charge is 0.524 e. The van der Waals surface area contributed by atoms with E-state index in [1.165, 1.54) is 20.5 Å². The van der Waals surface area contributed by atoms with Crippen molar-refractivity contribution < 1.29 is 14.0 Å². The third-order valence-electron chi connectivity index (χ3n) is 6.51. The van der Waals surface area contributed by atoms with Gasteiger partial charge in [0.25, 0.3) is 5.72 Å². The summed E-state index contributed by atoms with van der Waals surface area (Å²) in [5, 5.41) is 4.37. The van der Waals surface area contributed by atoms with Crippen LogP contribution in [0.4, 0.5) is 4.79 Å². The molecular weight excluding hydrogens is 470 g/mol. The summed E-state index contributed by atoms with van der Waals surface area (Å²) in [6, 6.07) is 6.43. The third-order valence-corrected chi connectivity index (χ3v) is 9.86. The van der Waals surface area contributed by atoms with Gasteiger partial charge in [0, 0.05) is 47.5 Å². The van der Waals surface area contributed by atoms with Crippen LogP contribution >= 0.6 is 38.6 Å². The lowest BCUT2D eigenvalue weighted by molar-refractivity contribution is -0.993. The highest BCUT2D eigenvalue weighted by molar-refractivity contribution is 9.10. The highest BCUT2D eigenvalue weighted by Crippen LogP contribution is 2.52. The molecule has 0 saturated carbocycles. The molecule has 148 valence electrons. The number of nitrogens with one attached hydrogen (secondary N) is 1. The predicted octanol–water partition coefficient (Wildman–Crippen LogP) is 6.81. The zero-order valence-corrected chi connectivity index (χ0v) is 19.2. The molecule has 3 aromatic heterocycles. The highest BCUT2D eigenvalue weighted by Gasteiger charge is 2.71. The number of cyclic esters (lactones) is 1. The number of amides is 1. The van der Waals surface area contributed by atoms with E-state index in [9.17, 15) is 4.79 Å². The van der Waals surface area contributed by atoms with Crippen LogP contribution in [0.2, 0.25) is 0 Å². The summed E-state index contributed by atoms with van der Waals surface area (Å²) < 4.78 is 9.62. The number of rotatable bonds is 2. The number of hydrogen-bond donors (Lipinski definition) is 1. The summed E-state index contributed by atoms with van der Waals surface area (Å²) in [4.78, 5) is 20.9. The first-order valence-electron chi connectivity index (χ1n) is 9.66. The number of nitrogens with zero attached hydrogens (tertiary/aromatic N) is 2. The van der Waals surface area contributed by atoms with Crippen LogP contribution in [-0.2, 0) is 4.74 Å². The smallest absolute Gasteiger partial charge is 0.364 e. The summed E-state index contributed by atoms with van der Waals surface area (Å²) in [6.07, 6.45) is 1.83. The lowest BCUT2D eigenvalue weighted by atomic mass is 10.1. The first kappa shape index (κ1) is 18.1. The van der Waals surface area contributed by atoms with Gasteiger partial charge in [-0.3, -0.25) is 0 Å². The number of benzene rings is 1. The molecule has 2 aliphatic rings. The SMILES string of the molecule is CC1(C)OC(=O)[N+]12CCCC2c1nc2ccc(-c3csc4c(Br)csc34)cc2[nH]1. The average Bonchev–Trinajstić information content (AvgIpc) is 3.45. The van der Waals surface area contributed by atoms with Gasteiger partial charge in [-0.25, -0.2) is 4.98 Å². The van der Waals surface area contributed by atoms with Crippen molar-refractivity contribution in [2.45, 2.75) is 38.5 Å². The summed E-state index contributed by atoms with van der Waals surface area (Å²) in [5.41, 5.74) is 3.92. The molecule has 5 heterocycles. The monoisotopic (exact) mass is 488 g/mol. The molecule has 2 fully saturated rings. The standard InChI is InChI=1S/C21H19BrN3O2S2/c1-21(2)25(20(26)27-21)7-3-4-16(25)19-23-14-6-5-11(8-15(14)24-19)12-9-28-18-13(22)10-29-17(12)18/h5-6,8-10,16H,3-4,7H2,1-2H3,(H,23,24)/q+1. The average molecular weight is 489 g/mol. The van der Waals surface area contributed by atoms with Gasteiger partial charge in [0.05, 0.1) is 27.0 Å². The molecule has 5 nitrogen and oxygen atoms in total. The summed E-state index contributed by atoms with van der Waals surface area (Å²) in [6.45, 7) is 4.84. The van der Waals surface area contributed by atoms with Crippen molar-refractivity contribution in [2.75, 3.05) is 6.54 Å². The van der Waals surface area contributed by atoms with Crippen LogP contribution in [0.15, 0.2) is 33.4 Å². The van der Waals surface area contributed by atoms with E-state index in [0.29, 0.717) is 4.48 Å². The van der Waals surface area contributed by atoms with Crippen LogP contribution in [0, 0.1) is 0 Å². The lowest BCUT2D eigenvalue weighted by Gasteiger charge is -2.53. The van der Waals surface area contributed by atoms with Crippen molar-refractivity contribution in [3.05, 3.63) is 39.3 Å². The second-order valence-electron chi connectivity index (χ2n) is 8.31. The number of imidazole rings is 1. The van der Waals surface area contributed by atoms with Gasteiger partial charge in [-0.2, -0.15) is 9.28 Å². The van der Waals surface area contributed by atoms with Gasteiger partial charge in [-0.05, 0) is 33.6 Å². The van der Waals surface area contributed by atoms with Crippen molar-refractivity contribution >= 4 is 65.1 Å². The predicted molar refractivity (Wildman–Crippen MR) is 120 cm³/mol. The normalized spacial score (nSPS) is 25.8. The Labute approximate surface area is 184 Å². The number of thiophene rings is 2. The molecule has 4 aromatic rings. The van der Waals surface area contributed by atoms with Crippen LogP contribution in [0.25, 0.3) is 31.6 Å². The minimum atomic E-state index is -0.489. The van der Waals surface area contributed by atoms with Crippen molar-refractivity contribution in [1.29, 1.82) is 0 Å². The van der Waals surface area contributed by atoms with Crippen molar-refractivity contribution in [2.24, 2.45) is 0 Å². The number of halogens is 1. The van der Waals surface area contributed by atoms with Gasteiger partial charge in [-0.1, -0.05) is 6.07 Å². The van der Waals surface area contributed by atoms with Crippen molar-refractivity contribution in [3.8, 4) is 11.1 Å². The van der Waals surface area contributed by atoms with Crippen molar-refractivity contribution in [1.82, 2.24) is 9.97 Å². The van der Waals surface area contributed by atoms with E-state index in [-0.39, 0.29) is 12.1 Å². The summed E-state index contributed by atoms with van der Waals surface area (Å²) >= 11 is 7.17. The Morgan fingerprint density at radius 2 is 2.10 bits per heavy atom. The number of aromatic amines is 1. The molecule has 2 atom stereocenters. The lowest BCUT2D eigenvalue weighted by Crippen LogP contribution is -2.75. The van der Waals surface area contributed by atoms with E-state index in [2.05, 4.69) is 49.9 Å². The number of fused-ring (bicyclic) bond motifs is 2. The van der Waals surface area contributed by atoms with E-state index < -0.39 is 5.72 Å². The van der Waals surface area contributed by atoms with E-state index >= 15 is 0 Å². The van der Waals surface area contributed by atoms with Crippen LogP contribution in [0.1, 0.15) is 38.6 Å².